The Bertz CT molecular complexity index is 755. The van der Waals surface area contributed by atoms with Crippen molar-refractivity contribution in [2.75, 3.05) is 6.61 Å². The summed E-state index contributed by atoms with van der Waals surface area (Å²) >= 11 is 0. The van der Waals surface area contributed by atoms with Crippen molar-refractivity contribution in [2.45, 2.75) is 56.5 Å². The highest BCUT2D eigenvalue weighted by atomic mass is 32.2. The molecule has 0 saturated heterocycles. The van der Waals surface area contributed by atoms with E-state index < -0.39 is 22.6 Å². The average molecular weight is 377 g/mol. The molecule has 1 heterocycles. The first-order valence-electron chi connectivity index (χ1n) is 8.24. The van der Waals surface area contributed by atoms with Gasteiger partial charge in [-0.15, -0.1) is 0 Å². The maximum absolute atomic E-state index is 12.7. The standard InChI is InChI=1S/C17H22F3NO3S/c1-2-3-4-5-6-7-14-16(21)13-9-8-12(24-11-17(18,19)20)10-15(13)25(14,22)23/h8-10H,2-7,11,21H2,1H3. The van der Waals surface area contributed by atoms with Crippen molar-refractivity contribution in [2.24, 2.45) is 5.73 Å². The van der Waals surface area contributed by atoms with Gasteiger partial charge in [-0.25, -0.2) is 8.42 Å². The fraction of sp³-hybridized carbons (Fsp3) is 0.529. The van der Waals surface area contributed by atoms with Gasteiger partial charge in [0.05, 0.1) is 15.5 Å². The number of alkyl halides is 3. The Kier molecular flexibility index (Phi) is 6.03. The quantitative estimate of drug-likeness (QED) is 0.682. The summed E-state index contributed by atoms with van der Waals surface area (Å²) in [6.45, 7) is 0.621. The molecule has 0 saturated carbocycles. The molecule has 1 aromatic rings. The number of hydrogen-bond acceptors (Lipinski definition) is 4. The van der Waals surface area contributed by atoms with Gasteiger partial charge in [0.2, 0.25) is 9.84 Å². The molecular weight excluding hydrogens is 355 g/mol. The minimum Gasteiger partial charge on any atom is -0.484 e. The SMILES string of the molecule is CCCCCCCC1=C(N)c2ccc(OCC(F)(F)F)cc2S1(=O)=O. The van der Waals surface area contributed by atoms with E-state index in [0.29, 0.717) is 18.4 Å². The van der Waals surface area contributed by atoms with Gasteiger partial charge in [-0.1, -0.05) is 32.6 Å². The van der Waals surface area contributed by atoms with Crippen LogP contribution in [0.4, 0.5) is 13.2 Å². The highest BCUT2D eigenvalue weighted by Gasteiger charge is 2.35. The average Bonchev–Trinajstić information content (AvgIpc) is 2.72. The van der Waals surface area contributed by atoms with Crippen LogP contribution in [0.1, 0.15) is 51.0 Å². The number of unbranched alkanes of at least 4 members (excludes halogenated alkanes) is 4. The van der Waals surface area contributed by atoms with Gasteiger partial charge in [0.15, 0.2) is 6.61 Å². The molecule has 0 aromatic heterocycles. The van der Waals surface area contributed by atoms with Crippen LogP contribution in [0.25, 0.3) is 5.70 Å². The van der Waals surface area contributed by atoms with Crippen LogP contribution >= 0.6 is 0 Å². The lowest BCUT2D eigenvalue weighted by molar-refractivity contribution is -0.153. The fourth-order valence-corrected chi connectivity index (χ4v) is 4.61. The highest BCUT2D eigenvalue weighted by Crippen LogP contribution is 2.40. The topological polar surface area (TPSA) is 69.4 Å². The second-order valence-electron chi connectivity index (χ2n) is 6.07. The van der Waals surface area contributed by atoms with Crippen molar-refractivity contribution in [1.29, 1.82) is 0 Å². The largest absolute Gasteiger partial charge is 0.484 e. The van der Waals surface area contributed by atoms with E-state index in [1.807, 2.05) is 0 Å². The molecule has 0 spiro atoms. The number of allylic oxidation sites excluding steroid dienone is 1. The maximum Gasteiger partial charge on any atom is 0.422 e. The second-order valence-corrected chi connectivity index (χ2v) is 8.01. The molecular formula is C17H22F3NO3S. The molecule has 2 rings (SSSR count). The summed E-state index contributed by atoms with van der Waals surface area (Å²) in [5.74, 6) is -0.142. The van der Waals surface area contributed by atoms with E-state index in [9.17, 15) is 21.6 Å². The Balaban J connectivity index is 2.14. The molecule has 0 bridgehead atoms. The van der Waals surface area contributed by atoms with Gasteiger partial charge in [0.25, 0.3) is 0 Å². The number of nitrogens with two attached hydrogens (primary N) is 1. The molecule has 1 aliphatic heterocycles. The lowest BCUT2D eigenvalue weighted by atomic mass is 10.1. The highest BCUT2D eigenvalue weighted by molar-refractivity contribution is 7.95. The number of halogens is 3. The molecule has 0 fully saturated rings. The third-order valence-electron chi connectivity index (χ3n) is 4.07. The number of ether oxygens (including phenoxy) is 1. The van der Waals surface area contributed by atoms with E-state index in [-0.39, 0.29) is 21.2 Å². The molecule has 1 aromatic carbocycles. The Morgan fingerprint density at radius 2 is 1.80 bits per heavy atom. The zero-order valence-corrected chi connectivity index (χ0v) is 14.8. The Morgan fingerprint density at radius 3 is 2.44 bits per heavy atom. The third-order valence-corrected chi connectivity index (χ3v) is 6.06. The maximum atomic E-state index is 12.7. The summed E-state index contributed by atoms with van der Waals surface area (Å²) in [4.78, 5) is 0.0835. The predicted molar refractivity (Wildman–Crippen MR) is 89.7 cm³/mol. The van der Waals surface area contributed by atoms with E-state index in [1.165, 1.54) is 12.1 Å². The van der Waals surface area contributed by atoms with Crippen LogP contribution in [0.5, 0.6) is 5.75 Å². The number of benzene rings is 1. The molecule has 0 amide bonds. The predicted octanol–water partition coefficient (Wildman–Crippen LogP) is 4.40. The summed E-state index contributed by atoms with van der Waals surface area (Å²) in [6.07, 6.45) is 0.698. The number of hydrogen-bond donors (Lipinski definition) is 1. The summed E-state index contributed by atoms with van der Waals surface area (Å²) in [5, 5.41) is 0. The van der Waals surface area contributed by atoms with Crippen LogP contribution in [-0.2, 0) is 9.84 Å². The van der Waals surface area contributed by atoms with Crippen LogP contribution in [0.3, 0.4) is 0 Å². The normalized spacial score (nSPS) is 16.2. The molecule has 4 nitrogen and oxygen atoms in total. The number of fused-ring (bicyclic) bond motifs is 1. The smallest absolute Gasteiger partial charge is 0.422 e. The monoisotopic (exact) mass is 377 g/mol. The van der Waals surface area contributed by atoms with Crippen molar-refractivity contribution >= 4 is 15.5 Å². The summed E-state index contributed by atoms with van der Waals surface area (Å²) < 4.78 is 66.7. The first-order chi connectivity index (χ1) is 11.7. The number of rotatable bonds is 8. The zero-order chi connectivity index (χ0) is 18.7. The first kappa shape index (κ1) is 19.6. The van der Waals surface area contributed by atoms with Gasteiger partial charge in [-0.2, -0.15) is 13.2 Å². The molecule has 0 aliphatic carbocycles. The molecule has 0 atom stereocenters. The molecule has 0 radical (unpaired) electrons. The lowest BCUT2D eigenvalue weighted by Crippen LogP contribution is -2.19. The van der Waals surface area contributed by atoms with Crippen LogP contribution < -0.4 is 10.5 Å². The van der Waals surface area contributed by atoms with E-state index in [2.05, 4.69) is 11.7 Å². The van der Waals surface area contributed by atoms with Gasteiger partial charge < -0.3 is 10.5 Å². The first-order valence-corrected chi connectivity index (χ1v) is 9.73. The Hall–Kier alpha value is -1.70. The second kappa shape index (κ2) is 7.68. The number of sulfone groups is 1. The van der Waals surface area contributed by atoms with Gasteiger partial charge in [0, 0.05) is 5.56 Å². The molecule has 1 aliphatic rings. The van der Waals surface area contributed by atoms with Crippen LogP contribution in [-0.4, -0.2) is 21.2 Å². The van der Waals surface area contributed by atoms with Crippen molar-refractivity contribution in [3.8, 4) is 5.75 Å². The van der Waals surface area contributed by atoms with Crippen molar-refractivity contribution in [1.82, 2.24) is 0 Å². The summed E-state index contributed by atoms with van der Waals surface area (Å²) in [7, 11) is -3.77. The molecule has 25 heavy (non-hydrogen) atoms. The van der Waals surface area contributed by atoms with E-state index in [4.69, 9.17) is 5.73 Å². The fourth-order valence-electron chi connectivity index (χ4n) is 2.79. The van der Waals surface area contributed by atoms with Gasteiger partial charge >= 0.3 is 6.18 Å². The zero-order valence-electron chi connectivity index (χ0n) is 14.0. The van der Waals surface area contributed by atoms with Crippen molar-refractivity contribution in [3.63, 3.8) is 0 Å². The minimum absolute atomic E-state index is 0.0757. The van der Waals surface area contributed by atoms with Crippen LogP contribution in [0.15, 0.2) is 28.0 Å². The van der Waals surface area contributed by atoms with E-state index >= 15 is 0 Å². The lowest BCUT2D eigenvalue weighted by Gasteiger charge is -2.10. The van der Waals surface area contributed by atoms with Gasteiger partial charge in [-0.05, 0) is 31.0 Å². The molecule has 140 valence electrons. The van der Waals surface area contributed by atoms with Crippen LogP contribution in [0.2, 0.25) is 0 Å². The summed E-state index contributed by atoms with van der Waals surface area (Å²) in [6, 6.07) is 3.82. The molecule has 0 unspecified atom stereocenters. The van der Waals surface area contributed by atoms with Crippen LogP contribution in [0, 0.1) is 0 Å². The third kappa shape index (κ3) is 4.68. The van der Waals surface area contributed by atoms with E-state index in [0.717, 1.165) is 31.7 Å². The summed E-state index contributed by atoms with van der Waals surface area (Å²) in [5.41, 5.74) is 6.50. The van der Waals surface area contributed by atoms with Crippen molar-refractivity contribution < 1.29 is 26.3 Å². The Labute approximate surface area is 145 Å². The molecule has 2 N–H and O–H groups in total. The van der Waals surface area contributed by atoms with E-state index in [1.54, 1.807) is 0 Å². The minimum atomic E-state index is -4.49. The van der Waals surface area contributed by atoms with Crippen molar-refractivity contribution in [3.05, 3.63) is 28.7 Å². The Morgan fingerprint density at radius 1 is 1.12 bits per heavy atom. The molecule has 8 heteroatoms. The van der Waals surface area contributed by atoms with Gasteiger partial charge in [0.1, 0.15) is 5.75 Å². The van der Waals surface area contributed by atoms with Gasteiger partial charge in [-0.3, -0.25) is 0 Å².